The van der Waals surface area contributed by atoms with E-state index < -0.39 is 0 Å². The molecule has 1 N–H and O–H groups in total. The van der Waals surface area contributed by atoms with Crippen molar-refractivity contribution in [3.8, 4) is 11.3 Å². The molecule has 4 fully saturated rings. The molecule has 4 bridgehead atoms. The highest BCUT2D eigenvalue weighted by Crippen LogP contribution is 2.61. The summed E-state index contributed by atoms with van der Waals surface area (Å²) in [6, 6.07) is 10.2. The van der Waals surface area contributed by atoms with Crippen LogP contribution in [0.2, 0.25) is 0 Å². The Balaban J connectivity index is 1.34. The molecule has 2 aromatic heterocycles. The number of hydrogen-bond donors (Lipinski definition) is 1. The number of hydrogen-bond acceptors (Lipinski definition) is 3. The fraction of sp³-hybridized carbons (Fsp3) is 0.536. The van der Waals surface area contributed by atoms with Gasteiger partial charge in [-0.05, 0) is 87.2 Å². The second-order valence-corrected chi connectivity index (χ2v) is 10.9. The SMILES string of the molecule is CC[C@H](NC(=O)c1cc(-c2cnn(CC)c2)nc2ccccc12)C12CC3CC(CC(C3)C1)C2. The molecule has 4 aliphatic rings. The predicted octanol–water partition coefficient (Wildman–Crippen LogP) is 5.84. The molecule has 0 aliphatic heterocycles. The van der Waals surface area contributed by atoms with E-state index in [1.807, 2.05) is 47.4 Å². The number of amides is 1. The molecule has 1 aromatic carbocycles. The fourth-order valence-electron chi connectivity index (χ4n) is 7.71. The van der Waals surface area contributed by atoms with Gasteiger partial charge in [0.05, 0.1) is 23.0 Å². The Labute approximate surface area is 196 Å². The van der Waals surface area contributed by atoms with E-state index in [4.69, 9.17) is 4.98 Å². The van der Waals surface area contributed by atoms with Gasteiger partial charge in [-0.1, -0.05) is 25.1 Å². The number of nitrogens with one attached hydrogen (secondary N) is 1. The zero-order valence-corrected chi connectivity index (χ0v) is 19.8. The molecule has 7 rings (SSSR count). The first kappa shape index (κ1) is 20.9. The number of benzene rings is 1. The van der Waals surface area contributed by atoms with Gasteiger partial charge in [0.2, 0.25) is 0 Å². The summed E-state index contributed by atoms with van der Waals surface area (Å²) in [6.45, 7) is 5.13. The molecule has 33 heavy (non-hydrogen) atoms. The van der Waals surface area contributed by atoms with E-state index in [2.05, 4.69) is 24.3 Å². The number of pyridine rings is 1. The third kappa shape index (κ3) is 3.56. The van der Waals surface area contributed by atoms with E-state index in [0.29, 0.717) is 5.41 Å². The molecule has 5 nitrogen and oxygen atoms in total. The fourth-order valence-corrected chi connectivity index (χ4v) is 7.71. The summed E-state index contributed by atoms with van der Waals surface area (Å²) in [6.07, 6.45) is 13.0. The van der Waals surface area contributed by atoms with Crippen molar-refractivity contribution in [3.05, 3.63) is 48.3 Å². The maximum Gasteiger partial charge on any atom is 0.252 e. The van der Waals surface area contributed by atoms with Crippen molar-refractivity contribution in [2.24, 2.45) is 23.2 Å². The van der Waals surface area contributed by atoms with E-state index in [1.54, 1.807) is 0 Å². The molecule has 0 spiro atoms. The molecule has 0 radical (unpaired) electrons. The number of rotatable bonds is 6. The van der Waals surface area contributed by atoms with Crippen LogP contribution in [0.15, 0.2) is 42.7 Å². The van der Waals surface area contributed by atoms with Gasteiger partial charge in [-0.25, -0.2) is 4.98 Å². The maximum absolute atomic E-state index is 13.8. The first-order chi connectivity index (χ1) is 16.1. The quantitative estimate of drug-likeness (QED) is 0.521. The van der Waals surface area contributed by atoms with E-state index in [1.165, 1.54) is 38.5 Å². The first-order valence-corrected chi connectivity index (χ1v) is 12.8. The second kappa shape index (κ2) is 7.96. The maximum atomic E-state index is 13.8. The monoisotopic (exact) mass is 442 g/mol. The van der Waals surface area contributed by atoms with Gasteiger partial charge in [-0.15, -0.1) is 0 Å². The van der Waals surface area contributed by atoms with E-state index in [9.17, 15) is 4.79 Å². The van der Waals surface area contributed by atoms with Crippen LogP contribution in [0.1, 0.15) is 69.2 Å². The van der Waals surface area contributed by atoms with E-state index in [-0.39, 0.29) is 11.9 Å². The normalized spacial score (nSPS) is 28.8. The standard InChI is InChI=1S/C28H34N4O/c1-3-26(28-13-18-9-19(14-28)11-20(10-18)15-28)31-27(33)23-12-25(21-16-29-32(4-2)17-21)30-24-8-6-5-7-22(23)24/h5-8,12,16-20,26H,3-4,9-11,13-15H2,1-2H3,(H,31,33)/t18?,19?,20?,26-,28?/m0/s1. The first-order valence-electron chi connectivity index (χ1n) is 12.8. The minimum absolute atomic E-state index is 0.0420. The minimum Gasteiger partial charge on any atom is -0.349 e. The van der Waals surface area contributed by atoms with Crippen LogP contribution < -0.4 is 5.32 Å². The molecule has 0 unspecified atom stereocenters. The Morgan fingerprint density at radius 2 is 1.82 bits per heavy atom. The third-order valence-electron chi connectivity index (χ3n) is 8.75. The molecule has 172 valence electrons. The predicted molar refractivity (Wildman–Crippen MR) is 131 cm³/mol. The van der Waals surface area contributed by atoms with Gasteiger partial charge in [0.25, 0.3) is 5.91 Å². The lowest BCUT2D eigenvalue weighted by atomic mass is 9.47. The van der Waals surface area contributed by atoms with Crippen molar-refractivity contribution in [1.82, 2.24) is 20.1 Å². The van der Waals surface area contributed by atoms with Crippen LogP contribution in [0.4, 0.5) is 0 Å². The number of para-hydroxylation sites is 1. The number of aryl methyl sites for hydroxylation is 1. The van der Waals surface area contributed by atoms with Crippen molar-refractivity contribution >= 4 is 16.8 Å². The van der Waals surface area contributed by atoms with Crippen molar-refractivity contribution in [3.63, 3.8) is 0 Å². The Bertz CT molecular complexity index is 1160. The zero-order chi connectivity index (χ0) is 22.6. The molecular formula is C28H34N4O. The molecule has 4 aliphatic carbocycles. The Morgan fingerprint density at radius 3 is 2.45 bits per heavy atom. The summed E-state index contributed by atoms with van der Waals surface area (Å²) in [5, 5.41) is 8.87. The highest BCUT2D eigenvalue weighted by Gasteiger charge is 2.54. The molecule has 5 heteroatoms. The van der Waals surface area contributed by atoms with Gasteiger partial charge in [0, 0.05) is 29.7 Å². The summed E-state index contributed by atoms with van der Waals surface area (Å²) >= 11 is 0. The molecule has 1 atom stereocenters. The minimum atomic E-state index is 0.0420. The van der Waals surface area contributed by atoms with Gasteiger partial charge < -0.3 is 5.32 Å². The Hall–Kier alpha value is -2.69. The average Bonchev–Trinajstić information content (AvgIpc) is 3.30. The molecule has 3 aromatic rings. The van der Waals surface area contributed by atoms with Gasteiger partial charge in [0.15, 0.2) is 0 Å². The molecule has 0 saturated heterocycles. The number of carbonyl (C=O) groups excluding carboxylic acids is 1. The second-order valence-electron chi connectivity index (χ2n) is 10.9. The van der Waals surface area contributed by atoms with Crippen LogP contribution in [0.5, 0.6) is 0 Å². The molecule has 2 heterocycles. The third-order valence-corrected chi connectivity index (χ3v) is 8.75. The largest absolute Gasteiger partial charge is 0.349 e. The van der Waals surface area contributed by atoms with Crippen LogP contribution >= 0.6 is 0 Å². The smallest absolute Gasteiger partial charge is 0.252 e. The highest BCUT2D eigenvalue weighted by molar-refractivity contribution is 6.07. The lowest BCUT2D eigenvalue weighted by Crippen LogP contribution is -2.56. The Kier molecular flexibility index (Phi) is 5.04. The Morgan fingerprint density at radius 1 is 1.12 bits per heavy atom. The molecular weight excluding hydrogens is 408 g/mol. The van der Waals surface area contributed by atoms with Crippen LogP contribution in [0.25, 0.3) is 22.2 Å². The van der Waals surface area contributed by atoms with E-state index >= 15 is 0 Å². The molecule has 4 saturated carbocycles. The summed E-state index contributed by atoms with van der Waals surface area (Å²) in [5.41, 5.74) is 3.63. The molecule has 1 amide bonds. The lowest BCUT2D eigenvalue weighted by Gasteiger charge is -2.59. The summed E-state index contributed by atoms with van der Waals surface area (Å²) < 4.78 is 1.89. The summed E-state index contributed by atoms with van der Waals surface area (Å²) in [5.74, 6) is 2.68. The van der Waals surface area contributed by atoms with Crippen LogP contribution in [0, 0.1) is 23.2 Å². The summed E-state index contributed by atoms with van der Waals surface area (Å²) in [4.78, 5) is 18.7. The van der Waals surface area contributed by atoms with Crippen LogP contribution in [0.3, 0.4) is 0 Å². The zero-order valence-electron chi connectivity index (χ0n) is 19.8. The van der Waals surface area contributed by atoms with Gasteiger partial charge in [-0.2, -0.15) is 5.10 Å². The van der Waals surface area contributed by atoms with Gasteiger partial charge in [-0.3, -0.25) is 9.48 Å². The van der Waals surface area contributed by atoms with Crippen LogP contribution in [-0.4, -0.2) is 26.7 Å². The number of carbonyl (C=O) groups is 1. The lowest BCUT2D eigenvalue weighted by molar-refractivity contribution is -0.0727. The van der Waals surface area contributed by atoms with Crippen molar-refractivity contribution < 1.29 is 4.79 Å². The van der Waals surface area contributed by atoms with Crippen LogP contribution in [-0.2, 0) is 6.54 Å². The van der Waals surface area contributed by atoms with Gasteiger partial charge in [0.1, 0.15) is 0 Å². The van der Waals surface area contributed by atoms with E-state index in [0.717, 1.165) is 58.4 Å². The number of fused-ring (bicyclic) bond motifs is 1. The number of aromatic nitrogens is 3. The summed E-state index contributed by atoms with van der Waals surface area (Å²) in [7, 11) is 0. The van der Waals surface area contributed by atoms with Gasteiger partial charge >= 0.3 is 0 Å². The van der Waals surface area contributed by atoms with Crippen molar-refractivity contribution in [1.29, 1.82) is 0 Å². The number of nitrogens with zero attached hydrogens (tertiary/aromatic N) is 3. The van der Waals surface area contributed by atoms with Crippen molar-refractivity contribution in [2.45, 2.75) is 71.4 Å². The average molecular weight is 443 g/mol. The topological polar surface area (TPSA) is 59.8 Å². The van der Waals surface area contributed by atoms with Crippen molar-refractivity contribution in [2.75, 3.05) is 0 Å². The highest BCUT2D eigenvalue weighted by atomic mass is 16.1.